The van der Waals surface area contributed by atoms with Gasteiger partial charge in [-0.2, -0.15) is 5.26 Å². The topological polar surface area (TPSA) is 45.0 Å². The van der Waals surface area contributed by atoms with Crippen LogP contribution in [0.3, 0.4) is 0 Å². The van der Waals surface area contributed by atoms with Gasteiger partial charge in [-0.1, -0.05) is 12.1 Å². The van der Waals surface area contributed by atoms with Crippen LogP contribution in [0.5, 0.6) is 5.75 Å². The van der Waals surface area contributed by atoms with Crippen LogP contribution in [-0.4, -0.2) is 13.7 Å². The molecule has 0 heterocycles. The van der Waals surface area contributed by atoms with Crippen molar-refractivity contribution in [1.29, 1.82) is 5.26 Å². The summed E-state index contributed by atoms with van der Waals surface area (Å²) in [6, 6.07) is 6.61. The van der Waals surface area contributed by atoms with Gasteiger partial charge in [0.15, 0.2) is 0 Å². The molecule has 0 atom stereocenters. The SMILES string of the molecule is CNCc1cc(C)c(OCC2(CC#N)CC2)c(C)c1. The highest BCUT2D eigenvalue weighted by Gasteiger charge is 2.43. The molecule has 0 aromatic heterocycles. The lowest BCUT2D eigenvalue weighted by Crippen LogP contribution is -2.14. The van der Waals surface area contributed by atoms with Gasteiger partial charge in [0.2, 0.25) is 0 Å². The van der Waals surface area contributed by atoms with E-state index in [2.05, 4.69) is 37.4 Å². The van der Waals surface area contributed by atoms with Crippen LogP contribution in [0.2, 0.25) is 0 Å². The lowest BCUT2D eigenvalue weighted by molar-refractivity contribution is 0.234. The summed E-state index contributed by atoms with van der Waals surface area (Å²) in [4.78, 5) is 0. The fraction of sp³-hybridized carbons (Fsp3) is 0.562. The fourth-order valence-electron chi connectivity index (χ4n) is 2.52. The lowest BCUT2D eigenvalue weighted by atomic mass is 10.0. The molecular weight excluding hydrogens is 236 g/mol. The summed E-state index contributed by atoms with van der Waals surface area (Å²) in [7, 11) is 1.95. The number of ether oxygens (including phenoxy) is 1. The second kappa shape index (κ2) is 5.63. The molecule has 3 nitrogen and oxygen atoms in total. The zero-order chi connectivity index (χ0) is 13.9. The minimum atomic E-state index is 0.136. The number of nitrogens with zero attached hydrogens (tertiary/aromatic N) is 1. The highest BCUT2D eigenvalue weighted by atomic mass is 16.5. The summed E-state index contributed by atoms with van der Waals surface area (Å²) in [5.74, 6) is 0.990. The van der Waals surface area contributed by atoms with E-state index in [0.29, 0.717) is 13.0 Å². The van der Waals surface area contributed by atoms with Crippen LogP contribution in [0.25, 0.3) is 0 Å². The van der Waals surface area contributed by atoms with Crippen molar-refractivity contribution in [2.75, 3.05) is 13.7 Å². The van der Waals surface area contributed by atoms with Gasteiger partial charge in [0.25, 0.3) is 0 Å². The van der Waals surface area contributed by atoms with Crippen molar-refractivity contribution in [2.45, 2.75) is 39.7 Å². The first-order valence-corrected chi connectivity index (χ1v) is 6.85. The summed E-state index contributed by atoms with van der Waals surface area (Å²) in [5.41, 5.74) is 3.77. The molecule has 1 aliphatic carbocycles. The largest absolute Gasteiger partial charge is 0.492 e. The minimum Gasteiger partial charge on any atom is -0.492 e. The number of benzene rings is 1. The molecule has 0 aliphatic heterocycles. The lowest BCUT2D eigenvalue weighted by Gasteiger charge is -2.17. The van der Waals surface area contributed by atoms with Gasteiger partial charge in [-0.15, -0.1) is 0 Å². The molecule has 0 unspecified atom stereocenters. The predicted molar refractivity (Wildman–Crippen MR) is 76.1 cm³/mol. The Hall–Kier alpha value is -1.53. The number of nitriles is 1. The molecule has 0 radical (unpaired) electrons. The van der Waals surface area contributed by atoms with Crippen LogP contribution in [0, 0.1) is 30.6 Å². The molecule has 19 heavy (non-hydrogen) atoms. The highest BCUT2D eigenvalue weighted by molar-refractivity contribution is 5.43. The molecular formula is C16H22N2O. The molecule has 3 heteroatoms. The maximum Gasteiger partial charge on any atom is 0.125 e. The maximum atomic E-state index is 8.83. The standard InChI is InChI=1S/C16H22N2O/c1-12-8-14(10-18-3)9-13(2)15(12)19-11-16(4-5-16)6-7-17/h8-9,18H,4-6,10-11H2,1-3H3. The molecule has 1 aromatic carbocycles. The second-order valence-corrected chi connectivity index (χ2v) is 5.71. The van der Waals surface area contributed by atoms with Gasteiger partial charge < -0.3 is 10.1 Å². The molecule has 1 saturated carbocycles. The molecule has 1 fully saturated rings. The van der Waals surface area contributed by atoms with Gasteiger partial charge in [0.1, 0.15) is 5.75 Å². The summed E-state index contributed by atoms with van der Waals surface area (Å²) >= 11 is 0. The average Bonchev–Trinajstić information content (AvgIpc) is 3.09. The third-order valence-electron chi connectivity index (χ3n) is 3.83. The maximum absolute atomic E-state index is 8.83. The highest BCUT2D eigenvalue weighted by Crippen LogP contribution is 2.49. The number of aryl methyl sites for hydroxylation is 2. The number of nitrogens with one attached hydrogen (secondary N) is 1. The van der Waals surface area contributed by atoms with Crippen molar-refractivity contribution in [2.24, 2.45) is 5.41 Å². The van der Waals surface area contributed by atoms with Gasteiger partial charge >= 0.3 is 0 Å². The van der Waals surface area contributed by atoms with E-state index in [-0.39, 0.29) is 5.41 Å². The van der Waals surface area contributed by atoms with E-state index in [9.17, 15) is 0 Å². The predicted octanol–water partition coefficient (Wildman–Crippen LogP) is 3.10. The zero-order valence-electron chi connectivity index (χ0n) is 12.0. The first kappa shape index (κ1) is 13.9. The van der Waals surface area contributed by atoms with Gasteiger partial charge in [-0.3, -0.25) is 0 Å². The Morgan fingerprint density at radius 2 is 1.95 bits per heavy atom. The van der Waals surface area contributed by atoms with E-state index in [1.165, 1.54) is 16.7 Å². The number of hydrogen-bond donors (Lipinski definition) is 1. The normalized spacial score (nSPS) is 15.9. The van der Waals surface area contributed by atoms with Crippen LogP contribution in [0.1, 0.15) is 36.0 Å². The Morgan fingerprint density at radius 3 is 2.42 bits per heavy atom. The number of rotatable bonds is 6. The molecule has 1 aromatic rings. The average molecular weight is 258 g/mol. The molecule has 0 bridgehead atoms. The smallest absolute Gasteiger partial charge is 0.125 e. The molecule has 0 amide bonds. The summed E-state index contributed by atoms with van der Waals surface area (Å²) in [6.07, 6.45) is 2.86. The molecule has 0 saturated heterocycles. The van der Waals surface area contributed by atoms with Crippen molar-refractivity contribution in [3.8, 4) is 11.8 Å². The zero-order valence-corrected chi connectivity index (χ0v) is 12.0. The van der Waals surface area contributed by atoms with E-state index < -0.39 is 0 Å². The Bertz CT molecular complexity index is 475. The van der Waals surface area contributed by atoms with Crippen LogP contribution in [0.15, 0.2) is 12.1 Å². The van der Waals surface area contributed by atoms with E-state index in [0.717, 1.165) is 25.1 Å². The Labute approximate surface area is 115 Å². The fourth-order valence-corrected chi connectivity index (χ4v) is 2.52. The first-order valence-electron chi connectivity index (χ1n) is 6.85. The minimum absolute atomic E-state index is 0.136. The quantitative estimate of drug-likeness (QED) is 0.852. The first-order chi connectivity index (χ1) is 9.10. The van der Waals surface area contributed by atoms with Crippen LogP contribution in [0.4, 0.5) is 0 Å². The molecule has 102 valence electrons. The van der Waals surface area contributed by atoms with Crippen molar-refractivity contribution >= 4 is 0 Å². The van der Waals surface area contributed by atoms with E-state index in [1.54, 1.807) is 0 Å². The van der Waals surface area contributed by atoms with Crippen molar-refractivity contribution in [3.05, 3.63) is 28.8 Å². The molecule has 2 rings (SSSR count). The van der Waals surface area contributed by atoms with Gasteiger partial charge in [0.05, 0.1) is 12.7 Å². The van der Waals surface area contributed by atoms with Gasteiger partial charge in [0, 0.05) is 18.4 Å². The van der Waals surface area contributed by atoms with Crippen molar-refractivity contribution < 1.29 is 4.74 Å². The Balaban J connectivity index is 2.07. The summed E-state index contributed by atoms with van der Waals surface area (Å²) < 4.78 is 6.01. The molecule has 1 N–H and O–H groups in total. The van der Waals surface area contributed by atoms with Gasteiger partial charge in [-0.25, -0.2) is 0 Å². The second-order valence-electron chi connectivity index (χ2n) is 5.71. The van der Waals surface area contributed by atoms with E-state index >= 15 is 0 Å². The van der Waals surface area contributed by atoms with Crippen LogP contribution < -0.4 is 10.1 Å². The van der Waals surface area contributed by atoms with Crippen molar-refractivity contribution in [1.82, 2.24) is 5.32 Å². The van der Waals surface area contributed by atoms with Crippen LogP contribution >= 0.6 is 0 Å². The Morgan fingerprint density at radius 1 is 1.32 bits per heavy atom. The van der Waals surface area contributed by atoms with Crippen LogP contribution in [-0.2, 0) is 6.54 Å². The summed E-state index contributed by atoms with van der Waals surface area (Å²) in [6.45, 7) is 5.73. The number of hydrogen-bond acceptors (Lipinski definition) is 3. The summed E-state index contributed by atoms with van der Waals surface area (Å²) in [5, 5.41) is 12.0. The van der Waals surface area contributed by atoms with E-state index in [4.69, 9.17) is 10.00 Å². The third-order valence-corrected chi connectivity index (χ3v) is 3.83. The Kier molecular flexibility index (Phi) is 4.11. The van der Waals surface area contributed by atoms with E-state index in [1.807, 2.05) is 7.05 Å². The van der Waals surface area contributed by atoms with Crippen molar-refractivity contribution in [3.63, 3.8) is 0 Å². The van der Waals surface area contributed by atoms with Gasteiger partial charge in [-0.05, 0) is 50.4 Å². The molecule has 0 spiro atoms. The third kappa shape index (κ3) is 3.27. The monoisotopic (exact) mass is 258 g/mol. The molecule has 1 aliphatic rings.